The molecule has 30 heavy (non-hydrogen) atoms. The van der Waals surface area contributed by atoms with Gasteiger partial charge in [-0.15, -0.1) is 0 Å². The molecule has 2 aliphatic rings. The number of hydrogen-bond acceptors (Lipinski definition) is 5. The normalized spacial score (nSPS) is 19.3. The van der Waals surface area contributed by atoms with E-state index in [-0.39, 0.29) is 12.0 Å². The fourth-order valence-corrected chi connectivity index (χ4v) is 3.93. The Labute approximate surface area is 179 Å². The number of benzene rings is 1. The summed E-state index contributed by atoms with van der Waals surface area (Å²) in [4.78, 5) is 20.0. The van der Waals surface area contributed by atoms with Crippen LogP contribution in [-0.4, -0.2) is 80.7 Å². The number of piperazine rings is 1. The lowest BCUT2D eigenvalue weighted by molar-refractivity contribution is -0.130. The van der Waals surface area contributed by atoms with Crippen molar-refractivity contribution in [3.05, 3.63) is 23.3 Å². The van der Waals surface area contributed by atoms with Crippen LogP contribution in [0.2, 0.25) is 0 Å². The number of aliphatic imine (C=N–C) groups is 1. The average molecular weight is 418 g/mol. The van der Waals surface area contributed by atoms with Crippen molar-refractivity contribution in [1.29, 1.82) is 0 Å². The number of guanidine groups is 1. The van der Waals surface area contributed by atoms with Crippen molar-refractivity contribution in [3.8, 4) is 11.5 Å². The summed E-state index contributed by atoms with van der Waals surface area (Å²) in [6.07, 6.45) is 1.14. The van der Waals surface area contributed by atoms with Crippen LogP contribution in [0.4, 0.5) is 0 Å². The van der Waals surface area contributed by atoms with E-state index in [0.29, 0.717) is 13.2 Å². The topological polar surface area (TPSA) is 78.4 Å². The van der Waals surface area contributed by atoms with Gasteiger partial charge in [-0.1, -0.05) is 0 Å². The van der Waals surface area contributed by atoms with Crippen molar-refractivity contribution in [2.45, 2.75) is 39.8 Å². The number of carbonyl (C=O) groups excluding carboxylic acids is 1. The molecule has 2 N–H and O–H groups in total. The predicted molar refractivity (Wildman–Crippen MR) is 118 cm³/mol. The van der Waals surface area contributed by atoms with Crippen LogP contribution in [0.25, 0.3) is 0 Å². The molecule has 1 aromatic rings. The van der Waals surface area contributed by atoms with Gasteiger partial charge in [-0.3, -0.25) is 14.7 Å². The molecule has 0 aliphatic carbocycles. The van der Waals surface area contributed by atoms with Crippen LogP contribution in [-0.2, 0) is 17.8 Å². The van der Waals surface area contributed by atoms with Crippen molar-refractivity contribution in [2.24, 2.45) is 4.99 Å². The van der Waals surface area contributed by atoms with E-state index in [1.807, 2.05) is 11.8 Å². The van der Waals surface area contributed by atoms with Crippen LogP contribution in [0.5, 0.6) is 11.5 Å². The first-order chi connectivity index (χ1) is 14.5. The van der Waals surface area contributed by atoms with Gasteiger partial charge in [0.15, 0.2) is 5.96 Å². The summed E-state index contributed by atoms with van der Waals surface area (Å²) in [5.41, 5.74) is 2.27. The molecule has 166 valence electrons. The van der Waals surface area contributed by atoms with Crippen LogP contribution in [0.1, 0.15) is 31.9 Å². The van der Waals surface area contributed by atoms with Gasteiger partial charge in [0, 0.05) is 77.3 Å². The molecule has 0 aromatic heterocycles. The summed E-state index contributed by atoms with van der Waals surface area (Å²) in [6.45, 7) is 12.1. The highest BCUT2D eigenvalue weighted by molar-refractivity contribution is 5.79. The highest BCUT2D eigenvalue weighted by Crippen LogP contribution is 2.35. The Bertz CT molecular complexity index is 759. The Kier molecular flexibility index (Phi) is 7.79. The molecule has 1 aromatic carbocycles. The van der Waals surface area contributed by atoms with E-state index < -0.39 is 0 Å². The number of nitrogens with one attached hydrogen (secondary N) is 2. The lowest BCUT2D eigenvalue weighted by Crippen LogP contribution is -2.50. The van der Waals surface area contributed by atoms with Gasteiger partial charge >= 0.3 is 0 Å². The minimum Gasteiger partial charge on any atom is -0.494 e. The van der Waals surface area contributed by atoms with E-state index in [2.05, 4.69) is 39.6 Å². The minimum absolute atomic E-state index is 0.162. The van der Waals surface area contributed by atoms with Gasteiger partial charge in [0.1, 0.15) is 17.6 Å². The molecule has 1 atom stereocenters. The molecule has 1 amide bonds. The molecule has 3 rings (SSSR count). The molecule has 0 spiro atoms. The first-order valence-corrected chi connectivity index (χ1v) is 10.9. The predicted octanol–water partition coefficient (Wildman–Crippen LogP) is 1.24. The second-order valence-corrected chi connectivity index (χ2v) is 7.83. The first kappa shape index (κ1) is 22.2. The summed E-state index contributed by atoms with van der Waals surface area (Å²) in [7, 11) is 1.78. The summed E-state index contributed by atoms with van der Waals surface area (Å²) in [5.74, 6) is 2.78. The standard InChI is InChI=1S/C22H35N5O3/c1-5-29-20-13-18-12-16(2)30-21(18)14-19(20)15-25-22(23-4)24-6-7-26-8-10-27(11-9-26)17(3)28/h13-14,16H,5-12,15H2,1-4H3,(H2,23,24,25). The molecule has 1 saturated heterocycles. The van der Waals surface area contributed by atoms with Gasteiger partial charge in [-0.25, -0.2) is 0 Å². The van der Waals surface area contributed by atoms with Crippen molar-refractivity contribution < 1.29 is 14.3 Å². The summed E-state index contributed by atoms with van der Waals surface area (Å²) in [6, 6.07) is 4.19. The maximum Gasteiger partial charge on any atom is 0.219 e. The van der Waals surface area contributed by atoms with E-state index in [0.717, 1.165) is 68.7 Å². The minimum atomic E-state index is 0.162. The Morgan fingerprint density at radius 3 is 2.70 bits per heavy atom. The summed E-state index contributed by atoms with van der Waals surface area (Å²) >= 11 is 0. The van der Waals surface area contributed by atoms with E-state index in [1.165, 1.54) is 5.56 Å². The number of carbonyl (C=O) groups is 1. The number of hydrogen-bond donors (Lipinski definition) is 2. The zero-order valence-corrected chi connectivity index (χ0v) is 18.7. The van der Waals surface area contributed by atoms with Crippen LogP contribution < -0.4 is 20.1 Å². The van der Waals surface area contributed by atoms with Crippen LogP contribution >= 0.6 is 0 Å². The maximum atomic E-state index is 11.4. The SMILES string of the molecule is CCOc1cc2c(cc1CNC(=NC)NCCN1CCN(C(C)=O)CC1)OC(C)C2. The summed E-state index contributed by atoms with van der Waals surface area (Å²) < 4.78 is 11.8. The van der Waals surface area contributed by atoms with Gasteiger partial charge in [0.25, 0.3) is 0 Å². The fourth-order valence-electron chi connectivity index (χ4n) is 3.93. The number of ether oxygens (including phenoxy) is 2. The lowest BCUT2D eigenvalue weighted by Gasteiger charge is -2.34. The van der Waals surface area contributed by atoms with Crippen molar-refractivity contribution in [2.75, 3.05) is 52.9 Å². The quantitative estimate of drug-likeness (QED) is 0.513. The molecule has 8 nitrogen and oxygen atoms in total. The molecule has 1 fully saturated rings. The monoisotopic (exact) mass is 417 g/mol. The average Bonchev–Trinajstić information content (AvgIpc) is 3.09. The van der Waals surface area contributed by atoms with E-state index in [9.17, 15) is 4.79 Å². The Morgan fingerprint density at radius 2 is 2.03 bits per heavy atom. The largest absolute Gasteiger partial charge is 0.494 e. The molecule has 2 heterocycles. The van der Waals surface area contributed by atoms with Gasteiger partial charge < -0.3 is 25.0 Å². The number of rotatable bonds is 7. The zero-order chi connectivity index (χ0) is 21.5. The van der Waals surface area contributed by atoms with Crippen molar-refractivity contribution in [1.82, 2.24) is 20.4 Å². The summed E-state index contributed by atoms with van der Waals surface area (Å²) in [5, 5.41) is 6.75. The second kappa shape index (κ2) is 10.5. The maximum absolute atomic E-state index is 11.4. The Morgan fingerprint density at radius 1 is 1.27 bits per heavy atom. The highest BCUT2D eigenvalue weighted by Gasteiger charge is 2.22. The lowest BCUT2D eigenvalue weighted by atomic mass is 10.1. The van der Waals surface area contributed by atoms with Gasteiger partial charge in [-0.05, 0) is 26.0 Å². The van der Waals surface area contributed by atoms with Crippen molar-refractivity contribution >= 4 is 11.9 Å². The first-order valence-electron chi connectivity index (χ1n) is 10.9. The highest BCUT2D eigenvalue weighted by atomic mass is 16.5. The molecule has 0 radical (unpaired) electrons. The zero-order valence-electron chi connectivity index (χ0n) is 18.7. The van der Waals surface area contributed by atoms with Gasteiger partial charge in [0.2, 0.25) is 5.91 Å². The van der Waals surface area contributed by atoms with Crippen LogP contribution in [0.3, 0.4) is 0 Å². The number of nitrogens with zero attached hydrogens (tertiary/aromatic N) is 3. The molecule has 1 unspecified atom stereocenters. The van der Waals surface area contributed by atoms with Crippen molar-refractivity contribution in [3.63, 3.8) is 0 Å². The Balaban J connectivity index is 1.48. The van der Waals surface area contributed by atoms with Gasteiger partial charge in [-0.2, -0.15) is 0 Å². The molecule has 0 bridgehead atoms. The van der Waals surface area contributed by atoms with Gasteiger partial charge in [0.05, 0.1) is 6.61 Å². The van der Waals surface area contributed by atoms with Crippen LogP contribution in [0.15, 0.2) is 17.1 Å². The van der Waals surface area contributed by atoms with E-state index in [1.54, 1.807) is 14.0 Å². The second-order valence-electron chi connectivity index (χ2n) is 7.83. The fraction of sp³-hybridized carbons (Fsp3) is 0.636. The van der Waals surface area contributed by atoms with Crippen LogP contribution in [0, 0.1) is 0 Å². The third-order valence-electron chi connectivity index (χ3n) is 5.59. The third kappa shape index (κ3) is 5.78. The van der Waals surface area contributed by atoms with E-state index >= 15 is 0 Å². The third-order valence-corrected chi connectivity index (χ3v) is 5.59. The number of fused-ring (bicyclic) bond motifs is 1. The molecular weight excluding hydrogens is 382 g/mol. The smallest absolute Gasteiger partial charge is 0.219 e. The Hall–Kier alpha value is -2.48. The molecule has 2 aliphatic heterocycles. The molecular formula is C22H35N5O3. The number of amides is 1. The van der Waals surface area contributed by atoms with E-state index in [4.69, 9.17) is 9.47 Å². The molecule has 8 heteroatoms. The molecule has 0 saturated carbocycles.